The molecule has 0 aliphatic carbocycles. The fraction of sp³-hybridized carbons (Fsp3) is 0.263. The van der Waals surface area contributed by atoms with Gasteiger partial charge in [0.15, 0.2) is 11.5 Å². The second-order valence-corrected chi connectivity index (χ2v) is 6.29. The lowest BCUT2D eigenvalue weighted by Crippen LogP contribution is -2.63. The van der Waals surface area contributed by atoms with Crippen LogP contribution in [0.1, 0.15) is 22.0 Å². The van der Waals surface area contributed by atoms with E-state index in [2.05, 4.69) is 5.43 Å². The topological polar surface area (TPSA) is 77.1 Å². The number of nitrogens with zero attached hydrogens (tertiary/aromatic N) is 1. The van der Waals surface area contributed by atoms with Crippen molar-refractivity contribution >= 4 is 23.4 Å². The minimum absolute atomic E-state index is 0.252. The Morgan fingerprint density at radius 3 is 2.15 bits per heavy atom. The number of benzene rings is 2. The number of methoxy groups -OCH3 is 3. The molecule has 1 N–H and O–H groups in total. The molecular formula is C19H19ClN2O5. The average molecular weight is 391 g/mol. The molecule has 0 bridgehead atoms. The van der Waals surface area contributed by atoms with Crippen molar-refractivity contribution in [3.8, 4) is 17.2 Å². The van der Waals surface area contributed by atoms with Crippen LogP contribution in [0.4, 0.5) is 0 Å². The van der Waals surface area contributed by atoms with Gasteiger partial charge in [0, 0.05) is 5.56 Å². The van der Waals surface area contributed by atoms with Gasteiger partial charge in [-0.2, -0.15) is 0 Å². The number of carbonyl (C=O) groups excluding carboxylic acids is 2. The number of carbonyl (C=O) groups is 2. The lowest BCUT2D eigenvalue weighted by atomic mass is 9.95. The summed E-state index contributed by atoms with van der Waals surface area (Å²) in [5, 5.41) is 0.506. The van der Waals surface area contributed by atoms with Crippen LogP contribution in [0.5, 0.6) is 17.2 Å². The molecule has 3 rings (SSSR count). The van der Waals surface area contributed by atoms with Crippen LogP contribution in [0.2, 0.25) is 0 Å². The zero-order valence-electron chi connectivity index (χ0n) is 15.1. The van der Waals surface area contributed by atoms with Gasteiger partial charge < -0.3 is 14.2 Å². The number of ether oxygens (including phenoxy) is 3. The predicted octanol–water partition coefficient (Wildman–Crippen LogP) is 2.55. The fourth-order valence-corrected chi connectivity index (χ4v) is 3.30. The summed E-state index contributed by atoms with van der Waals surface area (Å²) in [7, 11) is 4.40. The molecule has 1 aliphatic rings. The predicted molar refractivity (Wildman–Crippen MR) is 99.2 cm³/mol. The van der Waals surface area contributed by atoms with Gasteiger partial charge in [-0.3, -0.25) is 15.0 Å². The van der Waals surface area contributed by atoms with E-state index in [4.69, 9.17) is 25.8 Å². The molecule has 2 aromatic rings. The van der Waals surface area contributed by atoms with Crippen molar-refractivity contribution < 1.29 is 23.8 Å². The number of nitrogens with one attached hydrogen (secondary N) is 1. The number of rotatable bonds is 6. The molecule has 2 amide bonds. The molecule has 0 saturated carbocycles. The van der Waals surface area contributed by atoms with Crippen molar-refractivity contribution in [3.63, 3.8) is 0 Å². The molecule has 142 valence electrons. The molecule has 2 aromatic carbocycles. The first-order valence-corrected chi connectivity index (χ1v) is 8.58. The van der Waals surface area contributed by atoms with Gasteiger partial charge in [0.2, 0.25) is 5.75 Å². The van der Waals surface area contributed by atoms with E-state index in [1.54, 1.807) is 0 Å². The third-order valence-corrected chi connectivity index (χ3v) is 4.74. The Balaban J connectivity index is 1.85. The first-order chi connectivity index (χ1) is 13.0. The molecule has 7 nitrogen and oxygen atoms in total. The van der Waals surface area contributed by atoms with Crippen LogP contribution >= 0.6 is 11.6 Å². The molecule has 27 heavy (non-hydrogen) atoms. The van der Waals surface area contributed by atoms with Gasteiger partial charge in [-0.25, -0.2) is 5.01 Å². The summed E-state index contributed by atoms with van der Waals surface area (Å²) < 4.78 is 15.8. The summed E-state index contributed by atoms with van der Waals surface area (Å²) in [4.78, 5) is 24.9. The van der Waals surface area contributed by atoms with E-state index in [1.165, 1.54) is 38.5 Å². The standard InChI is InChI=1S/C19H19ClN2O5/c1-25-13-9-12(10-14(26-2)17(13)27-3)18(23)21-22-16(15(20)19(22)24)11-7-5-4-6-8-11/h4-10,15-16H,1-3H3,(H,21,23)/t15-,16+/m0/s1. The molecule has 1 saturated heterocycles. The summed E-state index contributed by atoms with van der Waals surface area (Å²) >= 11 is 6.16. The molecule has 0 radical (unpaired) electrons. The second kappa shape index (κ2) is 7.75. The van der Waals surface area contributed by atoms with Gasteiger partial charge in [0.05, 0.1) is 21.3 Å². The van der Waals surface area contributed by atoms with Crippen molar-refractivity contribution in [2.45, 2.75) is 11.4 Å². The van der Waals surface area contributed by atoms with Crippen LogP contribution in [-0.2, 0) is 4.79 Å². The molecule has 0 spiro atoms. The van der Waals surface area contributed by atoms with Gasteiger partial charge in [0.1, 0.15) is 11.4 Å². The summed E-state index contributed by atoms with van der Waals surface area (Å²) in [6, 6.07) is 11.9. The van der Waals surface area contributed by atoms with Gasteiger partial charge >= 0.3 is 0 Å². The Bertz CT molecular complexity index is 833. The summed E-state index contributed by atoms with van der Waals surface area (Å²) in [5.74, 6) is 0.191. The highest BCUT2D eigenvalue weighted by Crippen LogP contribution is 2.39. The van der Waals surface area contributed by atoms with Gasteiger partial charge in [-0.1, -0.05) is 30.3 Å². The first kappa shape index (κ1) is 18.8. The highest BCUT2D eigenvalue weighted by Gasteiger charge is 2.48. The summed E-state index contributed by atoms with van der Waals surface area (Å²) in [5.41, 5.74) is 3.70. The molecule has 0 aromatic heterocycles. The van der Waals surface area contributed by atoms with E-state index in [9.17, 15) is 9.59 Å². The van der Waals surface area contributed by atoms with Crippen LogP contribution in [-0.4, -0.2) is 43.5 Å². The second-order valence-electron chi connectivity index (χ2n) is 5.82. The van der Waals surface area contributed by atoms with E-state index < -0.39 is 17.3 Å². The molecule has 1 heterocycles. The van der Waals surface area contributed by atoms with Gasteiger partial charge in [-0.15, -0.1) is 11.6 Å². The molecule has 8 heteroatoms. The number of β-lactam (4-membered cyclic amide) rings is 1. The van der Waals surface area contributed by atoms with Gasteiger partial charge in [-0.05, 0) is 17.7 Å². The Labute approximate surface area is 161 Å². The smallest absolute Gasteiger partial charge is 0.270 e. The van der Waals surface area contributed by atoms with E-state index in [1.807, 2.05) is 30.3 Å². The maximum absolute atomic E-state index is 12.7. The van der Waals surface area contributed by atoms with Gasteiger partial charge in [0.25, 0.3) is 11.8 Å². The Hall–Kier alpha value is -2.93. The van der Waals surface area contributed by atoms with Crippen molar-refractivity contribution in [2.75, 3.05) is 21.3 Å². The Morgan fingerprint density at radius 1 is 1.04 bits per heavy atom. The summed E-state index contributed by atoms with van der Waals surface area (Å²) in [6.07, 6.45) is 0. The Morgan fingerprint density at radius 2 is 1.63 bits per heavy atom. The van der Waals surface area contributed by atoms with Crippen LogP contribution in [0, 0.1) is 0 Å². The number of alkyl halides is 1. The molecule has 1 fully saturated rings. The van der Waals surface area contributed by atoms with Crippen LogP contribution in [0.3, 0.4) is 0 Å². The maximum Gasteiger partial charge on any atom is 0.270 e. The summed E-state index contributed by atoms with van der Waals surface area (Å²) in [6.45, 7) is 0. The monoisotopic (exact) mass is 390 g/mol. The number of amides is 2. The first-order valence-electron chi connectivity index (χ1n) is 8.15. The normalized spacial score (nSPS) is 18.5. The van der Waals surface area contributed by atoms with E-state index in [0.717, 1.165) is 5.56 Å². The number of halogens is 1. The van der Waals surface area contributed by atoms with Crippen LogP contribution in [0.15, 0.2) is 42.5 Å². The van der Waals surface area contributed by atoms with E-state index >= 15 is 0 Å². The van der Waals surface area contributed by atoms with Crippen molar-refractivity contribution in [1.29, 1.82) is 0 Å². The number of hydrogen-bond acceptors (Lipinski definition) is 5. The van der Waals surface area contributed by atoms with Crippen molar-refractivity contribution in [2.24, 2.45) is 0 Å². The Kier molecular flexibility index (Phi) is 5.41. The zero-order chi connectivity index (χ0) is 19.6. The largest absolute Gasteiger partial charge is 0.493 e. The minimum atomic E-state index is -0.729. The third-order valence-electron chi connectivity index (χ3n) is 4.32. The minimum Gasteiger partial charge on any atom is -0.493 e. The zero-order valence-corrected chi connectivity index (χ0v) is 15.8. The molecule has 1 aliphatic heterocycles. The highest BCUT2D eigenvalue weighted by atomic mass is 35.5. The quantitative estimate of drug-likeness (QED) is 0.606. The van der Waals surface area contributed by atoms with E-state index in [-0.39, 0.29) is 11.5 Å². The molecular weight excluding hydrogens is 372 g/mol. The molecule has 2 atom stereocenters. The lowest BCUT2D eigenvalue weighted by molar-refractivity contribution is -0.149. The lowest BCUT2D eigenvalue weighted by Gasteiger charge is -2.43. The van der Waals surface area contributed by atoms with Crippen molar-refractivity contribution in [1.82, 2.24) is 10.4 Å². The maximum atomic E-state index is 12.7. The average Bonchev–Trinajstić information content (AvgIpc) is 2.72. The van der Waals surface area contributed by atoms with Crippen LogP contribution < -0.4 is 19.6 Å². The SMILES string of the molecule is COc1cc(C(=O)NN2C(=O)[C@@H](Cl)[C@H]2c2ccccc2)cc(OC)c1OC. The van der Waals surface area contributed by atoms with Crippen LogP contribution in [0.25, 0.3) is 0 Å². The molecule has 0 unspecified atom stereocenters. The third kappa shape index (κ3) is 3.38. The number of hydrogen-bond donors (Lipinski definition) is 1. The van der Waals surface area contributed by atoms with E-state index in [0.29, 0.717) is 17.2 Å². The number of hydrazine groups is 1. The fourth-order valence-electron chi connectivity index (χ4n) is 2.93. The van der Waals surface area contributed by atoms with Crippen molar-refractivity contribution in [3.05, 3.63) is 53.6 Å². The highest BCUT2D eigenvalue weighted by molar-refractivity contribution is 6.33.